The van der Waals surface area contributed by atoms with Gasteiger partial charge in [-0.05, 0) is 17.7 Å². The van der Waals surface area contributed by atoms with Gasteiger partial charge in [-0.3, -0.25) is 4.79 Å². The Bertz CT molecular complexity index is 455. The van der Waals surface area contributed by atoms with Crippen molar-refractivity contribution in [1.29, 1.82) is 5.26 Å². The third-order valence-corrected chi connectivity index (χ3v) is 1.92. The molecule has 0 heterocycles. The molecule has 1 aromatic carbocycles. The molecule has 3 nitrogen and oxygen atoms in total. The minimum Gasteiger partial charge on any atom is -0.349 e. The predicted molar refractivity (Wildman–Crippen MR) is 63.4 cm³/mol. The first-order chi connectivity index (χ1) is 7.77. The molecule has 0 spiro atoms. The molecule has 0 aliphatic carbocycles. The lowest BCUT2D eigenvalue weighted by molar-refractivity contribution is -0.116. The summed E-state index contributed by atoms with van der Waals surface area (Å²) in [5.41, 5.74) is 1.29. The standard InChI is InChI=1S/C13H12N2O/c1-2-9-15-13(16)8-7-11-5-3-4-6-12(11)10-14/h2-8H,1,9H2,(H,15,16)/b8-7+. The highest BCUT2D eigenvalue weighted by atomic mass is 16.1. The van der Waals surface area contributed by atoms with Crippen LogP contribution in [-0.2, 0) is 4.79 Å². The molecular weight excluding hydrogens is 200 g/mol. The Balaban J connectivity index is 2.73. The molecule has 16 heavy (non-hydrogen) atoms. The minimum absolute atomic E-state index is 0.201. The van der Waals surface area contributed by atoms with Gasteiger partial charge < -0.3 is 5.32 Å². The third kappa shape index (κ3) is 3.43. The number of nitriles is 1. The van der Waals surface area contributed by atoms with Crippen LogP contribution in [0.15, 0.2) is 43.0 Å². The molecule has 80 valence electrons. The Morgan fingerprint density at radius 1 is 1.50 bits per heavy atom. The maximum atomic E-state index is 11.2. The molecular formula is C13H12N2O. The van der Waals surface area contributed by atoms with Gasteiger partial charge in [0, 0.05) is 12.6 Å². The van der Waals surface area contributed by atoms with Crippen LogP contribution in [-0.4, -0.2) is 12.5 Å². The number of benzene rings is 1. The van der Waals surface area contributed by atoms with Gasteiger partial charge in [-0.15, -0.1) is 6.58 Å². The molecule has 3 heteroatoms. The molecule has 1 amide bonds. The van der Waals surface area contributed by atoms with Crippen LogP contribution >= 0.6 is 0 Å². The molecule has 1 rings (SSSR count). The number of carbonyl (C=O) groups is 1. The maximum Gasteiger partial charge on any atom is 0.244 e. The quantitative estimate of drug-likeness (QED) is 0.612. The van der Waals surface area contributed by atoms with Gasteiger partial charge in [0.15, 0.2) is 0 Å². The van der Waals surface area contributed by atoms with E-state index in [1.165, 1.54) is 6.08 Å². The summed E-state index contributed by atoms with van der Waals surface area (Å²) in [4.78, 5) is 11.2. The Labute approximate surface area is 94.7 Å². The zero-order valence-corrected chi connectivity index (χ0v) is 8.81. The fourth-order valence-corrected chi connectivity index (χ4v) is 1.14. The lowest BCUT2D eigenvalue weighted by atomic mass is 10.1. The van der Waals surface area contributed by atoms with Gasteiger partial charge in [-0.25, -0.2) is 0 Å². The van der Waals surface area contributed by atoms with Crippen molar-refractivity contribution in [2.45, 2.75) is 0 Å². The number of nitrogens with one attached hydrogen (secondary N) is 1. The van der Waals surface area contributed by atoms with Crippen molar-refractivity contribution in [1.82, 2.24) is 5.32 Å². The van der Waals surface area contributed by atoms with E-state index in [0.29, 0.717) is 12.1 Å². The van der Waals surface area contributed by atoms with Crippen LogP contribution in [0.5, 0.6) is 0 Å². The molecule has 1 aromatic rings. The molecule has 0 unspecified atom stereocenters. The van der Waals surface area contributed by atoms with E-state index >= 15 is 0 Å². The van der Waals surface area contributed by atoms with Crippen LogP contribution in [0.4, 0.5) is 0 Å². The predicted octanol–water partition coefficient (Wildman–Crippen LogP) is 1.87. The monoisotopic (exact) mass is 212 g/mol. The normalized spacial score (nSPS) is 9.69. The highest BCUT2D eigenvalue weighted by molar-refractivity contribution is 5.92. The molecule has 0 aliphatic rings. The van der Waals surface area contributed by atoms with Gasteiger partial charge in [0.05, 0.1) is 11.6 Å². The van der Waals surface area contributed by atoms with Gasteiger partial charge >= 0.3 is 0 Å². The van der Waals surface area contributed by atoms with Crippen molar-refractivity contribution in [2.75, 3.05) is 6.54 Å². The molecule has 0 saturated heterocycles. The Kier molecular flexibility index (Phi) is 4.55. The van der Waals surface area contributed by atoms with Crippen LogP contribution in [0.25, 0.3) is 6.08 Å². The van der Waals surface area contributed by atoms with Crippen LogP contribution in [0.2, 0.25) is 0 Å². The number of hydrogen-bond donors (Lipinski definition) is 1. The van der Waals surface area contributed by atoms with E-state index in [1.807, 2.05) is 6.07 Å². The second-order valence-corrected chi connectivity index (χ2v) is 3.07. The molecule has 0 bridgehead atoms. The summed E-state index contributed by atoms with van der Waals surface area (Å²) in [5, 5.41) is 11.4. The fraction of sp³-hybridized carbons (Fsp3) is 0.0769. The van der Waals surface area contributed by atoms with E-state index in [0.717, 1.165) is 5.56 Å². The first kappa shape index (κ1) is 11.7. The van der Waals surface area contributed by atoms with Gasteiger partial charge in [0.25, 0.3) is 0 Å². The van der Waals surface area contributed by atoms with Crippen LogP contribution in [0.1, 0.15) is 11.1 Å². The smallest absolute Gasteiger partial charge is 0.244 e. The largest absolute Gasteiger partial charge is 0.349 e. The molecule has 0 radical (unpaired) electrons. The summed E-state index contributed by atoms with van der Waals surface area (Å²) < 4.78 is 0. The third-order valence-electron chi connectivity index (χ3n) is 1.92. The van der Waals surface area contributed by atoms with Gasteiger partial charge in [0.2, 0.25) is 5.91 Å². The van der Waals surface area contributed by atoms with E-state index in [-0.39, 0.29) is 5.91 Å². The average Bonchev–Trinajstić information content (AvgIpc) is 2.34. The number of rotatable bonds is 4. The molecule has 0 aliphatic heterocycles. The van der Waals surface area contributed by atoms with Crippen molar-refractivity contribution in [2.24, 2.45) is 0 Å². The highest BCUT2D eigenvalue weighted by Crippen LogP contribution is 2.08. The van der Waals surface area contributed by atoms with E-state index in [4.69, 9.17) is 5.26 Å². The Hall–Kier alpha value is -2.34. The number of carbonyl (C=O) groups excluding carboxylic acids is 1. The van der Waals surface area contributed by atoms with Crippen molar-refractivity contribution in [3.05, 3.63) is 54.1 Å². The summed E-state index contributed by atoms with van der Waals surface area (Å²) in [6.07, 6.45) is 4.63. The van der Waals surface area contributed by atoms with Crippen molar-refractivity contribution in [3.63, 3.8) is 0 Å². The lowest BCUT2D eigenvalue weighted by Crippen LogP contribution is -2.20. The van der Waals surface area contributed by atoms with Crippen molar-refractivity contribution >= 4 is 12.0 Å². The summed E-state index contributed by atoms with van der Waals surface area (Å²) in [6.45, 7) is 3.93. The zero-order chi connectivity index (χ0) is 11.8. The van der Waals surface area contributed by atoms with E-state index < -0.39 is 0 Å². The van der Waals surface area contributed by atoms with Crippen molar-refractivity contribution < 1.29 is 4.79 Å². The van der Waals surface area contributed by atoms with E-state index in [9.17, 15) is 4.79 Å². The van der Waals surface area contributed by atoms with Gasteiger partial charge in [-0.1, -0.05) is 24.3 Å². The second-order valence-electron chi connectivity index (χ2n) is 3.07. The summed E-state index contributed by atoms with van der Waals surface area (Å²) in [7, 11) is 0. The Morgan fingerprint density at radius 3 is 2.94 bits per heavy atom. The zero-order valence-electron chi connectivity index (χ0n) is 8.81. The SMILES string of the molecule is C=CCNC(=O)/C=C/c1ccccc1C#N. The van der Waals surface area contributed by atoms with Gasteiger partial charge in [0.1, 0.15) is 0 Å². The minimum atomic E-state index is -0.201. The number of amides is 1. The molecule has 0 aromatic heterocycles. The Morgan fingerprint density at radius 2 is 2.25 bits per heavy atom. The summed E-state index contributed by atoms with van der Waals surface area (Å²) in [6, 6.07) is 9.17. The highest BCUT2D eigenvalue weighted by Gasteiger charge is 1.97. The first-order valence-electron chi connectivity index (χ1n) is 4.84. The second kappa shape index (κ2) is 6.20. The van der Waals surface area contributed by atoms with Crippen LogP contribution < -0.4 is 5.32 Å². The average molecular weight is 212 g/mol. The molecule has 0 fully saturated rings. The van der Waals surface area contributed by atoms with Crippen molar-refractivity contribution in [3.8, 4) is 6.07 Å². The molecule has 1 N–H and O–H groups in total. The first-order valence-corrected chi connectivity index (χ1v) is 4.84. The fourth-order valence-electron chi connectivity index (χ4n) is 1.14. The molecule has 0 saturated carbocycles. The number of hydrogen-bond acceptors (Lipinski definition) is 2. The maximum absolute atomic E-state index is 11.2. The lowest BCUT2D eigenvalue weighted by Gasteiger charge is -1.97. The summed E-state index contributed by atoms with van der Waals surface area (Å²) >= 11 is 0. The van der Waals surface area contributed by atoms with Gasteiger partial charge in [-0.2, -0.15) is 5.26 Å². The topological polar surface area (TPSA) is 52.9 Å². The van der Waals surface area contributed by atoms with Crippen LogP contribution in [0.3, 0.4) is 0 Å². The molecule has 0 atom stereocenters. The summed E-state index contributed by atoms with van der Waals surface area (Å²) in [5.74, 6) is -0.201. The van der Waals surface area contributed by atoms with Crippen LogP contribution in [0, 0.1) is 11.3 Å². The van der Waals surface area contributed by atoms with E-state index in [1.54, 1.807) is 30.4 Å². The van der Waals surface area contributed by atoms with E-state index in [2.05, 4.69) is 18.0 Å². The number of nitrogens with zero attached hydrogens (tertiary/aromatic N) is 1.